The van der Waals surface area contributed by atoms with E-state index in [-0.39, 0.29) is 23.0 Å². The first-order valence-electron chi connectivity index (χ1n) is 10.3. The number of rotatable bonds is 9. The maximum Gasteiger partial charge on any atom is 0.243 e. The summed E-state index contributed by atoms with van der Waals surface area (Å²) in [6, 6.07) is 11.2. The third kappa shape index (κ3) is 6.37. The standard InChI is InChI=1S/C23H30FN3O4S/c1-16(2)25-23(29)18(4)27(14-19-8-6-7-9-21(19)24)22(28)15-26(5)32(30,31)20-12-10-17(3)11-13-20/h6-13,16,18H,14-15H2,1-5H3,(H,25,29). The van der Waals surface area contributed by atoms with Gasteiger partial charge in [0.1, 0.15) is 11.9 Å². The van der Waals surface area contributed by atoms with E-state index in [2.05, 4.69) is 5.32 Å². The number of hydrogen-bond donors (Lipinski definition) is 1. The van der Waals surface area contributed by atoms with Gasteiger partial charge in [-0.3, -0.25) is 9.59 Å². The van der Waals surface area contributed by atoms with Crippen molar-refractivity contribution in [2.45, 2.75) is 51.2 Å². The molecule has 32 heavy (non-hydrogen) atoms. The van der Waals surface area contributed by atoms with E-state index in [0.717, 1.165) is 9.87 Å². The van der Waals surface area contributed by atoms with Gasteiger partial charge in [-0.1, -0.05) is 35.9 Å². The van der Waals surface area contributed by atoms with Crippen molar-refractivity contribution >= 4 is 21.8 Å². The third-order valence-electron chi connectivity index (χ3n) is 4.98. The summed E-state index contributed by atoms with van der Waals surface area (Å²) >= 11 is 0. The van der Waals surface area contributed by atoms with E-state index in [4.69, 9.17) is 0 Å². The molecule has 1 N–H and O–H groups in total. The highest BCUT2D eigenvalue weighted by atomic mass is 32.2. The monoisotopic (exact) mass is 463 g/mol. The van der Waals surface area contributed by atoms with E-state index >= 15 is 0 Å². The first kappa shape index (κ1) is 25.5. The predicted molar refractivity (Wildman–Crippen MR) is 121 cm³/mol. The summed E-state index contributed by atoms with van der Waals surface area (Å²) in [4.78, 5) is 27.0. The molecular weight excluding hydrogens is 433 g/mol. The van der Waals surface area contributed by atoms with Crippen LogP contribution in [-0.4, -0.2) is 55.1 Å². The van der Waals surface area contributed by atoms with Crippen molar-refractivity contribution in [2.24, 2.45) is 0 Å². The number of nitrogens with one attached hydrogen (secondary N) is 1. The number of hydrogen-bond acceptors (Lipinski definition) is 4. The van der Waals surface area contributed by atoms with Crippen LogP contribution in [0.4, 0.5) is 4.39 Å². The zero-order chi connectivity index (χ0) is 24.1. The van der Waals surface area contributed by atoms with Crippen molar-refractivity contribution in [1.29, 1.82) is 0 Å². The first-order valence-corrected chi connectivity index (χ1v) is 11.7. The van der Waals surface area contributed by atoms with E-state index in [1.807, 2.05) is 6.92 Å². The Kier molecular flexibility index (Phi) is 8.51. The molecule has 0 saturated heterocycles. The highest BCUT2D eigenvalue weighted by Gasteiger charge is 2.30. The van der Waals surface area contributed by atoms with Gasteiger partial charge in [0.05, 0.1) is 11.4 Å². The van der Waals surface area contributed by atoms with Crippen molar-refractivity contribution in [2.75, 3.05) is 13.6 Å². The molecule has 174 valence electrons. The van der Waals surface area contributed by atoms with E-state index in [1.54, 1.807) is 32.0 Å². The summed E-state index contributed by atoms with van der Waals surface area (Å²) in [7, 11) is -2.62. The fraction of sp³-hybridized carbons (Fsp3) is 0.391. The van der Waals surface area contributed by atoms with Crippen molar-refractivity contribution in [3.8, 4) is 0 Å². The normalized spacial score (nSPS) is 12.6. The van der Waals surface area contributed by atoms with Crippen molar-refractivity contribution in [3.63, 3.8) is 0 Å². The minimum atomic E-state index is -3.92. The molecule has 9 heteroatoms. The topological polar surface area (TPSA) is 86.8 Å². The lowest BCUT2D eigenvalue weighted by Gasteiger charge is -2.31. The average Bonchev–Trinajstić information content (AvgIpc) is 2.72. The lowest BCUT2D eigenvalue weighted by molar-refractivity contribution is -0.140. The minimum absolute atomic E-state index is 0.0599. The minimum Gasteiger partial charge on any atom is -0.352 e. The second kappa shape index (κ2) is 10.7. The molecule has 0 aromatic heterocycles. The van der Waals surface area contributed by atoms with Gasteiger partial charge in [-0.05, 0) is 45.9 Å². The van der Waals surface area contributed by atoms with Gasteiger partial charge in [0.2, 0.25) is 21.8 Å². The molecule has 2 aromatic rings. The molecule has 0 aliphatic rings. The highest BCUT2D eigenvalue weighted by molar-refractivity contribution is 7.89. The van der Waals surface area contributed by atoms with E-state index < -0.39 is 40.2 Å². The molecule has 0 saturated carbocycles. The number of benzene rings is 2. The summed E-state index contributed by atoms with van der Waals surface area (Å²) in [5.74, 6) is -1.53. The third-order valence-corrected chi connectivity index (χ3v) is 6.80. The van der Waals surface area contributed by atoms with Gasteiger partial charge >= 0.3 is 0 Å². The van der Waals surface area contributed by atoms with Crippen molar-refractivity contribution in [3.05, 3.63) is 65.5 Å². The van der Waals surface area contributed by atoms with Crippen LogP contribution < -0.4 is 5.32 Å². The number of aryl methyl sites for hydroxylation is 1. The largest absolute Gasteiger partial charge is 0.352 e. The molecule has 0 radical (unpaired) electrons. The van der Waals surface area contributed by atoms with Crippen LogP contribution in [0.1, 0.15) is 31.9 Å². The van der Waals surface area contributed by atoms with E-state index in [0.29, 0.717) is 0 Å². The Labute approximate surface area is 189 Å². The zero-order valence-corrected chi connectivity index (χ0v) is 19.8. The SMILES string of the molecule is Cc1ccc(S(=O)(=O)N(C)CC(=O)N(Cc2ccccc2F)C(C)C(=O)NC(C)C)cc1. The van der Waals surface area contributed by atoms with Gasteiger partial charge in [0, 0.05) is 25.2 Å². The van der Waals surface area contributed by atoms with E-state index in [9.17, 15) is 22.4 Å². The van der Waals surface area contributed by atoms with Crippen molar-refractivity contribution in [1.82, 2.24) is 14.5 Å². The molecule has 7 nitrogen and oxygen atoms in total. The molecule has 2 amide bonds. The molecule has 2 aromatic carbocycles. The summed E-state index contributed by atoms with van der Waals surface area (Å²) < 4.78 is 40.9. The number of likely N-dealkylation sites (N-methyl/N-ethyl adjacent to an activating group) is 1. The van der Waals surface area contributed by atoms with Crippen molar-refractivity contribution < 1.29 is 22.4 Å². The maximum atomic E-state index is 14.2. The predicted octanol–water partition coefficient (Wildman–Crippen LogP) is 2.70. The number of carbonyl (C=O) groups excluding carboxylic acids is 2. The maximum absolute atomic E-state index is 14.2. The lowest BCUT2D eigenvalue weighted by atomic mass is 10.1. The van der Waals surface area contributed by atoms with Gasteiger partial charge in [-0.25, -0.2) is 12.8 Å². The summed E-state index contributed by atoms with van der Waals surface area (Å²) in [5, 5.41) is 2.73. The Bertz CT molecular complexity index is 1060. The Hall–Kier alpha value is -2.78. The Morgan fingerprint density at radius 2 is 1.62 bits per heavy atom. The summed E-state index contributed by atoms with van der Waals surface area (Å²) in [6.45, 7) is 6.28. The number of carbonyl (C=O) groups is 2. The van der Waals surface area contributed by atoms with Crippen LogP contribution in [0.15, 0.2) is 53.4 Å². The molecule has 0 aliphatic carbocycles. The number of halogens is 1. The summed E-state index contributed by atoms with van der Waals surface area (Å²) in [6.07, 6.45) is 0. The molecule has 1 unspecified atom stereocenters. The van der Waals surface area contributed by atoms with Crippen LogP contribution in [0.3, 0.4) is 0 Å². The molecule has 0 spiro atoms. The van der Waals surface area contributed by atoms with Crippen LogP contribution in [0, 0.1) is 12.7 Å². The van der Waals surface area contributed by atoms with Crippen LogP contribution >= 0.6 is 0 Å². The fourth-order valence-corrected chi connectivity index (χ4v) is 4.17. The second-order valence-corrected chi connectivity index (χ2v) is 10.1. The van der Waals surface area contributed by atoms with Gasteiger partial charge in [0.25, 0.3) is 0 Å². The molecule has 0 heterocycles. The Morgan fingerprint density at radius 3 is 2.19 bits per heavy atom. The van der Waals surface area contributed by atoms with Crippen LogP contribution in [0.25, 0.3) is 0 Å². The first-order chi connectivity index (χ1) is 14.9. The fourth-order valence-electron chi connectivity index (χ4n) is 3.05. The Morgan fingerprint density at radius 1 is 1.03 bits per heavy atom. The molecule has 0 fully saturated rings. The Balaban J connectivity index is 2.29. The van der Waals surface area contributed by atoms with Crippen LogP contribution in [-0.2, 0) is 26.2 Å². The molecule has 0 aliphatic heterocycles. The zero-order valence-electron chi connectivity index (χ0n) is 19.0. The van der Waals surface area contributed by atoms with Crippen LogP contribution in [0.2, 0.25) is 0 Å². The van der Waals surface area contributed by atoms with Crippen LogP contribution in [0.5, 0.6) is 0 Å². The quantitative estimate of drug-likeness (QED) is 0.620. The summed E-state index contributed by atoms with van der Waals surface area (Å²) in [5.41, 5.74) is 1.14. The molecular formula is C23H30FN3O4S. The number of amides is 2. The number of sulfonamides is 1. The smallest absolute Gasteiger partial charge is 0.243 e. The second-order valence-electron chi connectivity index (χ2n) is 8.03. The molecule has 0 bridgehead atoms. The van der Waals surface area contributed by atoms with E-state index in [1.165, 1.54) is 49.2 Å². The van der Waals surface area contributed by atoms with Gasteiger partial charge < -0.3 is 10.2 Å². The highest BCUT2D eigenvalue weighted by Crippen LogP contribution is 2.17. The lowest BCUT2D eigenvalue weighted by Crippen LogP contribution is -2.51. The van der Waals surface area contributed by atoms with Gasteiger partial charge in [0.15, 0.2) is 0 Å². The molecule has 1 atom stereocenters. The van der Waals surface area contributed by atoms with Gasteiger partial charge in [-0.15, -0.1) is 0 Å². The average molecular weight is 464 g/mol. The molecule has 2 rings (SSSR count). The van der Waals surface area contributed by atoms with Gasteiger partial charge in [-0.2, -0.15) is 4.31 Å². The number of nitrogens with zero attached hydrogens (tertiary/aromatic N) is 2.